The second-order valence-electron chi connectivity index (χ2n) is 4.84. The minimum Gasteiger partial charge on any atom is -0.354 e. The number of nitrogens with zero attached hydrogens (tertiary/aromatic N) is 1. The summed E-state index contributed by atoms with van der Waals surface area (Å²) in [5, 5.41) is 5.92. The topological polar surface area (TPSA) is 61.4 Å². The summed E-state index contributed by atoms with van der Waals surface area (Å²) in [6, 6.07) is 5.23. The van der Waals surface area contributed by atoms with E-state index in [0.717, 1.165) is 12.1 Å². The van der Waals surface area contributed by atoms with Crippen molar-refractivity contribution in [2.24, 2.45) is 0 Å². The minimum atomic E-state index is -0.349. The second-order valence-corrected chi connectivity index (χ2v) is 5.27. The second kappa shape index (κ2) is 7.87. The fraction of sp³-hybridized carbons (Fsp3) is 0.429. The number of carbonyl (C=O) groups is 2. The number of amides is 2. The molecule has 0 atom stereocenters. The third-order valence-corrected chi connectivity index (χ3v) is 2.91. The van der Waals surface area contributed by atoms with Crippen molar-refractivity contribution in [3.05, 3.63) is 28.8 Å². The van der Waals surface area contributed by atoms with E-state index in [1.54, 1.807) is 12.1 Å². The summed E-state index contributed by atoms with van der Waals surface area (Å²) in [5.41, 5.74) is 1.53. The molecular weight excluding hydrogens is 278 g/mol. The van der Waals surface area contributed by atoms with Gasteiger partial charge in [0.15, 0.2) is 0 Å². The fourth-order valence-corrected chi connectivity index (χ4v) is 1.72. The van der Waals surface area contributed by atoms with E-state index in [0.29, 0.717) is 17.3 Å². The molecule has 1 aromatic carbocycles. The highest BCUT2D eigenvalue weighted by atomic mass is 35.5. The van der Waals surface area contributed by atoms with Crippen LogP contribution in [0.25, 0.3) is 0 Å². The van der Waals surface area contributed by atoms with Gasteiger partial charge in [0.2, 0.25) is 11.8 Å². The van der Waals surface area contributed by atoms with Gasteiger partial charge >= 0.3 is 0 Å². The zero-order valence-electron chi connectivity index (χ0n) is 12.0. The molecule has 0 heterocycles. The van der Waals surface area contributed by atoms with Crippen molar-refractivity contribution >= 4 is 29.1 Å². The number of rotatable bonds is 6. The molecule has 20 heavy (non-hydrogen) atoms. The SMILES string of the molecule is Cc1ccc(Cl)cc1NC(=O)CC(=O)NCCN(C)C. The van der Waals surface area contributed by atoms with Crippen LogP contribution in [0.1, 0.15) is 12.0 Å². The van der Waals surface area contributed by atoms with Gasteiger partial charge in [0.1, 0.15) is 6.42 Å². The van der Waals surface area contributed by atoms with E-state index in [2.05, 4.69) is 10.6 Å². The Labute approximate surface area is 124 Å². The van der Waals surface area contributed by atoms with Crippen LogP contribution in [0.3, 0.4) is 0 Å². The molecule has 5 nitrogen and oxygen atoms in total. The summed E-state index contributed by atoms with van der Waals surface area (Å²) in [4.78, 5) is 25.3. The molecule has 0 spiro atoms. The quantitative estimate of drug-likeness (QED) is 0.785. The Morgan fingerprint density at radius 1 is 1.25 bits per heavy atom. The van der Waals surface area contributed by atoms with Crippen molar-refractivity contribution < 1.29 is 9.59 Å². The van der Waals surface area contributed by atoms with Crippen LogP contribution < -0.4 is 10.6 Å². The van der Waals surface area contributed by atoms with Crippen LogP contribution in [0, 0.1) is 6.92 Å². The Balaban J connectivity index is 2.43. The van der Waals surface area contributed by atoms with E-state index in [-0.39, 0.29) is 18.2 Å². The monoisotopic (exact) mass is 297 g/mol. The minimum absolute atomic E-state index is 0.195. The maximum atomic E-state index is 11.8. The maximum Gasteiger partial charge on any atom is 0.233 e. The third kappa shape index (κ3) is 6.04. The number of aryl methyl sites for hydroxylation is 1. The van der Waals surface area contributed by atoms with Crippen molar-refractivity contribution in [2.75, 3.05) is 32.5 Å². The number of hydrogen-bond acceptors (Lipinski definition) is 3. The maximum absolute atomic E-state index is 11.8. The molecule has 0 unspecified atom stereocenters. The number of benzene rings is 1. The highest BCUT2D eigenvalue weighted by Crippen LogP contribution is 2.20. The Morgan fingerprint density at radius 3 is 2.60 bits per heavy atom. The third-order valence-electron chi connectivity index (χ3n) is 2.68. The molecule has 1 rings (SSSR count). The highest BCUT2D eigenvalue weighted by molar-refractivity contribution is 6.31. The van der Waals surface area contributed by atoms with Crippen molar-refractivity contribution in [1.82, 2.24) is 10.2 Å². The van der Waals surface area contributed by atoms with Gasteiger partial charge in [-0.05, 0) is 38.7 Å². The van der Waals surface area contributed by atoms with E-state index in [9.17, 15) is 9.59 Å². The highest BCUT2D eigenvalue weighted by Gasteiger charge is 2.10. The number of hydrogen-bond donors (Lipinski definition) is 2. The zero-order chi connectivity index (χ0) is 15.1. The molecule has 1 aromatic rings. The van der Waals surface area contributed by atoms with Crippen LogP contribution in [-0.4, -0.2) is 43.9 Å². The lowest BCUT2D eigenvalue weighted by atomic mass is 10.2. The number of carbonyl (C=O) groups excluding carboxylic acids is 2. The lowest BCUT2D eigenvalue weighted by molar-refractivity contribution is -0.126. The van der Waals surface area contributed by atoms with Crippen LogP contribution in [0.2, 0.25) is 5.02 Å². The normalized spacial score (nSPS) is 10.4. The first kappa shape index (κ1) is 16.5. The summed E-state index contributed by atoms with van der Waals surface area (Å²) in [5.74, 6) is -0.637. The Kier molecular flexibility index (Phi) is 6.48. The molecule has 6 heteroatoms. The summed E-state index contributed by atoms with van der Waals surface area (Å²) in [7, 11) is 3.83. The average molecular weight is 298 g/mol. The van der Waals surface area contributed by atoms with Crippen molar-refractivity contribution in [3.8, 4) is 0 Å². The zero-order valence-corrected chi connectivity index (χ0v) is 12.8. The first-order chi connectivity index (χ1) is 9.38. The van der Waals surface area contributed by atoms with E-state index >= 15 is 0 Å². The molecule has 0 aromatic heterocycles. The first-order valence-electron chi connectivity index (χ1n) is 6.36. The van der Waals surface area contributed by atoms with Crippen molar-refractivity contribution in [2.45, 2.75) is 13.3 Å². The lowest BCUT2D eigenvalue weighted by Crippen LogP contribution is -2.33. The van der Waals surface area contributed by atoms with E-state index < -0.39 is 0 Å². The first-order valence-corrected chi connectivity index (χ1v) is 6.73. The Morgan fingerprint density at radius 2 is 1.95 bits per heavy atom. The standard InChI is InChI=1S/C14H20ClN3O2/c1-10-4-5-11(15)8-12(10)17-14(20)9-13(19)16-6-7-18(2)3/h4-5,8H,6-7,9H2,1-3H3,(H,16,19)(H,17,20). The van der Waals surface area contributed by atoms with Gasteiger partial charge < -0.3 is 15.5 Å². The molecule has 0 saturated carbocycles. The average Bonchev–Trinajstić information content (AvgIpc) is 2.33. The fourth-order valence-electron chi connectivity index (χ4n) is 1.55. The molecule has 0 saturated heterocycles. The van der Waals surface area contributed by atoms with Crippen LogP contribution in [0.15, 0.2) is 18.2 Å². The van der Waals surface area contributed by atoms with Crippen LogP contribution in [0.5, 0.6) is 0 Å². The number of likely N-dealkylation sites (N-methyl/N-ethyl adjacent to an activating group) is 1. The number of anilines is 1. The van der Waals surface area contributed by atoms with E-state index in [1.165, 1.54) is 0 Å². The van der Waals surface area contributed by atoms with Crippen LogP contribution >= 0.6 is 11.6 Å². The van der Waals surface area contributed by atoms with Gasteiger partial charge in [-0.15, -0.1) is 0 Å². The van der Waals surface area contributed by atoms with Gasteiger partial charge in [-0.25, -0.2) is 0 Å². The van der Waals surface area contributed by atoms with Gasteiger partial charge in [-0.2, -0.15) is 0 Å². The van der Waals surface area contributed by atoms with Gasteiger partial charge in [0.25, 0.3) is 0 Å². The van der Waals surface area contributed by atoms with Gasteiger partial charge in [0, 0.05) is 23.8 Å². The molecular formula is C14H20ClN3O2. The molecule has 0 aliphatic rings. The Hall–Kier alpha value is -1.59. The summed E-state index contributed by atoms with van der Waals surface area (Å²) in [6.07, 6.45) is -0.195. The molecule has 2 amide bonds. The number of halogens is 1. The molecule has 0 aliphatic heterocycles. The van der Waals surface area contributed by atoms with Crippen molar-refractivity contribution in [1.29, 1.82) is 0 Å². The number of nitrogens with one attached hydrogen (secondary N) is 2. The summed E-state index contributed by atoms with van der Waals surface area (Å²) >= 11 is 5.87. The predicted molar refractivity (Wildman–Crippen MR) is 81.0 cm³/mol. The molecule has 0 bridgehead atoms. The predicted octanol–water partition coefficient (Wildman–Crippen LogP) is 1.65. The van der Waals surface area contributed by atoms with Gasteiger partial charge in [0.05, 0.1) is 0 Å². The molecule has 2 N–H and O–H groups in total. The van der Waals surface area contributed by atoms with E-state index in [4.69, 9.17) is 11.6 Å². The smallest absolute Gasteiger partial charge is 0.233 e. The van der Waals surface area contributed by atoms with Crippen molar-refractivity contribution in [3.63, 3.8) is 0 Å². The summed E-state index contributed by atoms with van der Waals surface area (Å²) < 4.78 is 0. The van der Waals surface area contributed by atoms with Gasteiger partial charge in [-0.3, -0.25) is 9.59 Å². The molecule has 0 aliphatic carbocycles. The van der Waals surface area contributed by atoms with Crippen LogP contribution in [-0.2, 0) is 9.59 Å². The van der Waals surface area contributed by atoms with Crippen LogP contribution in [0.4, 0.5) is 5.69 Å². The Bertz CT molecular complexity index is 489. The van der Waals surface area contributed by atoms with Gasteiger partial charge in [-0.1, -0.05) is 17.7 Å². The largest absolute Gasteiger partial charge is 0.354 e. The lowest BCUT2D eigenvalue weighted by Gasteiger charge is -2.11. The molecule has 0 radical (unpaired) electrons. The molecule has 0 fully saturated rings. The van der Waals surface area contributed by atoms with E-state index in [1.807, 2.05) is 32.0 Å². The molecule has 110 valence electrons. The summed E-state index contributed by atoms with van der Waals surface area (Å²) in [6.45, 7) is 3.12.